The van der Waals surface area contributed by atoms with Gasteiger partial charge in [-0.05, 0) is 18.8 Å². The minimum Gasteiger partial charge on any atom is -0.462 e. The molecular weight excluding hydrogens is 524 g/mol. The quantitative estimate of drug-likeness (QED) is 0.0602. The summed E-state index contributed by atoms with van der Waals surface area (Å²) < 4.78 is 10.6. The van der Waals surface area contributed by atoms with Crippen molar-refractivity contribution in [1.82, 2.24) is 0 Å². The monoisotopic (exact) mass is 597 g/mol. The number of carbonyl (C=O) groups excluding carboxylic acids is 2. The van der Waals surface area contributed by atoms with E-state index in [-0.39, 0.29) is 25.2 Å². The Morgan fingerprint density at radius 2 is 0.881 bits per heavy atom. The molecule has 1 N–H and O–H groups in total. The number of hydrogen-bond donors (Lipinski definition) is 1. The number of carbonyl (C=O) groups is 2. The molecule has 0 bridgehead atoms. The summed E-state index contributed by atoms with van der Waals surface area (Å²) in [6.07, 6.45) is 33.0. The van der Waals surface area contributed by atoms with Crippen LogP contribution in [0.2, 0.25) is 0 Å². The highest BCUT2D eigenvalue weighted by Gasteiger charge is 2.16. The first-order valence-electron chi connectivity index (χ1n) is 18.5. The van der Waals surface area contributed by atoms with E-state index in [0.29, 0.717) is 12.8 Å². The molecule has 0 aromatic rings. The molecule has 0 radical (unpaired) electrons. The first-order valence-corrected chi connectivity index (χ1v) is 18.5. The van der Waals surface area contributed by atoms with Crippen molar-refractivity contribution in [3.8, 4) is 0 Å². The molecule has 1 atom stereocenters. The molecule has 0 unspecified atom stereocenters. The molecule has 0 aliphatic rings. The highest BCUT2D eigenvalue weighted by Crippen LogP contribution is 2.15. The molecule has 0 spiro atoms. The Hall–Kier alpha value is -1.10. The molecule has 0 fully saturated rings. The second-order valence-electron chi connectivity index (χ2n) is 13.1. The Morgan fingerprint density at radius 1 is 0.524 bits per heavy atom. The average molecular weight is 597 g/mol. The minimum atomic E-state index is -0.761. The van der Waals surface area contributed by atoms with Crippen LogP contribution in [0.25, 0.3) is 0 Å². The van der Waals surface area contributed by atoms with Gasteiger partial charge in [0.15, 0.2) is 6.10 Å². The molecule has 0 rings (SSSR count). The number of aliphatic hydroxyl groups is 1. The van der Waals surface area contributed by atoms with Crippen molar-refractivity contribution in [1.29, 1.82) is 0 Å². The predicted molar refractivity (Wildman–Crippen MR) is 178 cm³/mol. The van der Waals surface area contributed by atoms with Gasteiger partial charge in [0.05, 0.1) is 6.61 Å². The lowest BCUT2D eigenvalue weighted by Crippen LogP contribution is -2.28. The van der Waals surface area contributed by atoms with Gasteiger partial charge in [-0.1, -0.05) is 175 Å². The summed E-state index contributed by atoms with van der Waals surface area (Å²) in [4.78, 5) is 24.2. The fraction of sp³-hybridized carbons (Fsp3) is 0.946. The number of unbranched alkanes of at least 4 members (excludes halogenated alkanes) is 23. The van der Waals surface area contributed by atoms with E-state index in [2.05, 4.69) is 20.8 Å². The van der Waals surface area contributed by atoms with Crippen molar-refractivity contribution in [2.24, 2.45) is 5.92 Å². The van der Waals surface area contributed by atoms with Gasteiger partial charge in [0.1, 0.15) is 6.61 Å². The van der Waals surface area contributed by atoms with Crippen LogP contribution in [0.4, 0.5) is 0 Å². The predicted octanol–water partition coefficient (Wildman–Crippen LogP) is 11.0. The lowest BCUT2D eigenvalue weighted by molar-refractivity contribution is -0.161. The molecule has 42 heavy (non-hydrogen) atoms. The zero-order chi connectivity index (χ0) is 30.9. The number of ether oxygens (including phenoxy) is 2. The van der Waals surface area contributed by atoms with Crippen LogP contribution < -0.4 is 0 Å². The zero-order valence-electron chi connectivity index (χ0n) is 28.4. The number of rotatable bonds is 33. The van der Waals surface area contributed by atoms with Gasteiger partial charge in [0.25, 0.3) is 0 Å². The van der Waals surface area contributed by atoms with Crippen LogP contribution in [-0.2, 0) is 19.1 Å². The molecule has 0 amide bonds. The largest absolute Gasteiger partial charge is 0.462 e. The van der Waals surface area contributed by atoms with E-state index < -0.39 is 6.10 Å². The lowest BCUT2D eigenvalue weighted by atomic mass is 10.0. The third-order valence-electron chi connectivity index (χ3n) is 8.33. The molecule has 0 saturated heterocycles. The number of aliphatic hydroxyl groups excluding tert-OH is 1. The first kappa shape index (κ1) is 40.9. The first-order chi connectivity index (χ1) is 20.5. The van der Waals surface area contributed by atoms with Crippen molar-refractivity contribution in [3.05, 3.63) is 0 Å². The van der Waals surface area contributed by atoms with Crippen LogP contribution in [0, 0.1) is 5.92 Å². The summed E-state index contributed by atoms with van der Waals surface area (Å²) in [6.45, 7) is 6.50. The highest BCUT2D eigenvalue weighted by molar-refractivity contribution is 5.70. The number of hydrogen-bond acceptors (Lipinski definition) is 5. The van der Waals surface area contributed by atoms with Gasteiger partial charge in [0.2, 0.25) is 0 Å². The lowest BCUT2D eigenvalue weighted by Gasteiger charge is -2.15. The van der Waals surface area contributed by atoms with Crippen LogP contribution in [0.5, 0.6) is 0 Å². The standard InChI is InChI=1S/C37H72O5/c1-4-5-6-7-8-9-10-15-18-21-24-27-30-36(39)41-33-35(32-38)42-37(40)31-28-25-22-19-16-13-11-12-14-17-20-23-26-29-34(2)3/h34-35,38H,4-33H2,1-3H3/t35-/m0/s1. The molecule has 5 nitrogen and oxygen atoms in total. The molecule has 0 aromatic carbocycles. The Labute approximate surface area is 261 Å². The van der Waals surface area contributed by atoms with Gasteiger partial charge in [-0.2, -0.15) is 0 Å². The van der Waals surface area contributed by atoms with Crippen molar-refractivity contribution in [2.45, 2.75) is 207 Å². The second kappa shape index (κ2) is 32.8. The summed E-state index contributed by atoms with van der Waals surface area (Å²) in [6, 6.07) is 0. The van der Waals surface area contributed by atoms with E-state index in [1.807, 2.05) is 0 Å². The summed E-state index contributed by atoms with van der Waals surface area (Å²) >= 11 is 0. The molecule has 0 heterocycles. The molecule has 0 aliphatic carbocycles. The second-order valence-corrected chi connectivity index (χ2v) is 13.1. The van der Waals surface area contributed by atoms with Crippen LogP contribution in [0.3, 0.4) is 0 Å². The fourth-order valence-electron chi connectivity index (χ4n) is 5.50. The number of esters is 2. The van der Waals surface area contributed by atoms with E-state index >= 15 is 0 Å². The highest BCUT2D eigenvalue weighted by atomic mass is 16.6. The summed E-state index contributed by atoms with van der Waals surface area (Å²) in [5.74, 6) is 0.267. The van der Waals surface area contributed by atoms with Gasteiger partial charge < -0.3 is 14.6 Å². The molecule has 5 heteroatoms. The van der Waals surface area contributed by atoms with Crippen LogP contribution in [-0.4, -0.2) is 36.4 Å². The smallest absolute Gasteiger partial charge is 0.306 e. The summed E-state index contributed by atoms with van der Waals surface area (Å²) in [5, 5.41) is 9.52. The maximum Gasteiger partial charge on any atom is 0.306 e. The van der Waals surface area contributed by atoms with E-state index in [4.69, 9.17) is 9.47 Å². The van der Waals surface area contributed by atoms with Gasteiger partial charge in [-0.3, -0.25) is 9.59 Å². The van der Waals surface area contributed by atoms with Crippen molar-refractivity contribution in [2.75, 3.05) is 13.2 Å². The van der Waals surface area contributed by atoms with Crippen molar-refractivity contribution in [3.63, 3.8) is 0 Å². The average Bonchev–Trinajstić information content (AvgIpc) is 2.97. The molecule has 0 aromatic heterocycles. The van der Waals surface area contributed by atoms with Gasteiger partial charge in [-0.15, -0.1) is 0 Å². The van der Waals surface area contributed by atoms with Crippen molar-refractivity contribution >= 4 is 11.9 Å². The Morgan fingerprint density at radius 3 is 1.26 bits per heavy atom. The van der Waals surface area contributed by atoms with E-state index in [1.54, 1.807) is 0 Å². The van der Waals surface area contributed by atoms with E-state index in [9.17, 15) is 14.7 Å². The SMILES string of the molecule is CCCCCCCCCCCCCCC(=O)OC[C@H](CO)OC(=O)CCCCCCCCCCCCCCCC(C)C. The van der Waals surface area contributed by atoms with Crippen molar-refractivity contribution < 1.29 is 24.2 Å². The third-order valence-corrected chi connectivity index (χ3v) is 8.33. The molecule has 250 valence electrons. The van der Waals surface area contributed by atoms with Crippen LogP contribution >= 0.6 is 0 Å². The molecule has 0 saturated carbocycles. The van der Waals surface area contributed by atoms with E-state index in [1.165, 1.54) is 135 Å². The van der Waals surface area contributed by atoms with Gasteiger partial charge in [-0.25, -0.2) is 0 Å². The Kier molecular flexibility index (Phi) is 31.9. The topological polar surface area (TPSA) is 72.8 Å². The minimum absolute atomic E-state index is 0.0581. The maximum absolute atomic E-state index is 12.1. The Bertz CT molecular complexity index is 577. The third kappa shape index (κ3) is 31.8. The fourth-order valence-corrected chi connectivity index (χ4v) is 5.50. The van der Waals surface area contributed by atoms with Gasteiger partial charge in [0, 0.05) is 12.8 Å². The van der Waals surface area contributed by atoms with Gasteiger partial charge >= 0.3 is 11.9 Å². The van der Waals surface area contributed by atoms with Crippen LogP contribution in [0.1, 0.15) is 201 Å². The molecular formula is C37H72O5. The maximum atomic E-state index is 12.1. The zero-order valence-corrected chi connectivity index (χ0v) is 28.4. The van der Waals surface area contributed by atoms with Crippen LogP contribution in [0.15, 0.2) is 0 Å². The van der Waals surface area contributed by atoms with E-state index in [0.717, 1.165) is 38.0 Å². The normalized spacial score (nSPS) is 12.1. The molecule has 0 aliphatic heterocycles. The summed E-state index contributed by atoms with van der Waals surface area (Å²) in [7, 11) is 0. The summed E-state index contributed by atoms with van der Waals surface area (Å²) in [5.41, 5.74) is 0. The Balaban J connectivity index is 3.51.